The summed E-state index contributed by atoms with van der Waals surface area (Å²) in [5.74, 6) is 0.360. The Kier molecular flexibility index (Phi) is 5.53. The Hall–Kier alpha value is -0.610. The van der Waals surface area contributed by atoms with Crippen LogP contribution in [0.4, 0.5) is 0 Å². The number of ether oxygens (including phenoxy) is 1. The van der Waals surface area contributed by atoms with Crippen molar-refractivity contribution in [3.05, 3.63) is 0 Å². The molecule has 2 heterocycles. The minimum Gasteiger partial charge on any atom is -0.378 e. The van der Waals surface area contributed by atoms with Crippen molar-refractivity contribution in [2.75, 3.05) is 19.7 Å². The number of carbonyl (C=O) groups is 1. The van der Waals surface area contributed by atoms with Gasteiger partial charge in [0.2, 0.25) is 5.91 Å². The summed E-state index contributed by atoms with van der Waals surface area (Å²) >= 11 is 0. The molecule has 21 heavy (non-hydrogen) atoms. The SMILES string of the molecule is O=C(CCC1CCCCO1)N(CC1CCCCN1)C1CC1. The van der Waals surface area contributed by atoms with Crippen LogP contribution in [0.3, 0.4) is 0 Å². The molecule has 1 amide bonds. The molecule has 3 aliphatic rings. The summed E-state index contributed by atoms with van der Waals surface area (Å²) < 4.78 is 5.75. The van der Waals surface area contributed by atoms with E-state index in [-0.39, 0.29) is 0 Å². The van der Waals surface area contributed by atoms with Gasteiger partial charge in [-0.3, -0.25) is 4.79 Å². The molecule has 3 rings (SSSR count). The Bertz CT molecular complexity index is 332. The maximum Gasteiger partial charge on any atom is 0.222 e. The van der Waals surface area contributed by atoms with E-state index in [4.69, 9.17) is 4.74 Å². The van der Waals surface area contributed by atoms with Crippen LogP contribution in [0.1, 0.15) is 64.2 Å². The molecule has 0 radical (unpaired) electrons. The zero-order chi connectivity index (χ0) is 14.5. The lowest BCUT2D eigenvalue weighted by molar-refractivity contribution is -0.133. The van der Waals surface area contributed by atoms with E-state index in [1.807, 2.05) is 0 Å². The summed E-state index contributed by atoms with van der Waals surface area (Å²) in [6, 6.07) is 1.06. The van der Waals surface area contributed by atoms with Gasteiger partial charge < -0.3 is 15.0 Å². The normalized spacial score (nSPS) is 30.1. The summed E-state index contributed by atoms with van der Waals surface area (Å²) in [4.78, 5) is 14.8. The highest BCUT2D eigenvalue weighted by Gasteiger charge is 2.34. The summed E-state index contributed by atoms with van der Waals surface area (Å²) in [7, 11) is 0. The molecule has 120 valence electrons. The van der Waals surface area contributed by atoms with Crippen LogP contribution in [0.15, 0.2) is 0 Å². The van der Waals surface area contributed by atoms with Crippen molar-refractivity contribution < 1.29 is 9.53 Å². The fraction of sp³-hybridized carbons (Fsp3) is 0.941. The summed E-state index contributed by atoms with van der Waals surface area (Å²) in [5.41, 5.74) is 0. The molecule has 0 aromatic carbocycles. The van der Waals surface area contributed by atoms with E-state index < -0.39 is 0 Å². The minimum absolute atomic E-state index is 0.330. The summed E-state index contributed by atoms with van der Waals surface area (Å²) in [5, 5.41) is 3.57. The Morgan fingerprint density at radius 2 is 1.95 bits per heavy atom. The second-order valence-electron chi connectivity index (χ2n) is 6.95. The maximum atomic E-state index is 12.6. The second-order valence-corrected chi connectivity index (χ2v) is 6.95. The Labute approximate surface area is 128 Å². The predicted octanol–water partition coefficient (Wildman–Crippen LogP) is 2.47. The summed E-state index contributed by atoms with van der Waals surface area (Å²) in [6.07, 6.45) is 11.7. The average Bonchev–Trinajstić information content (AvgIpc) is 3.37. The Morgan fingerprint density at radius 1 is 1.10 bits per heavy atom. The lowest BCUT2D eigenvalue weighted by Gasteiger charge is -2.31. The van der Waals surface area contributed by atoms with Gasteiger partial charge in [-0.1, -0.05) is 6.42 Å². The van der Waals surface area contributed by atoms with Gasteiger partial charge in [0.15, 0.2) is 0 Å². The summed E-state index contributed by atoms with van der Waals surface area (Å²) in [6.45, 7) is 2.93. The third-order valence-electron chi connectivity index (χ3n) is 5.09. The lowest BCUT2D eigenvalue weighted by atomic mass is 10.0. The predicted molar refractivity (Wildman–Crippen MR) is 83.2 cm³/mol. The van der Waals surface area contributed by atoms with Crippen LogP contribution in [0.2, 0.25) is 0 Å². The maximum absolute atomic E-state index is 12.6. The topological polar surface area (TPSA) is 41.6 Å². The number of carbonyl (C=O) groups excluding carboxylic acids is 1. The van der Waals surface area contributed by atoms with Crippen LogP contribution in [-0.2, 0) is 9.53 Å². The standard InChI is InChI=1S/C17H30N2O2/c20-17(10-9-16-6-2-4-12-21-16)19(15-7-8-15)13-14-5-1-3-11-18-14/h14-16,18H,1-13H2. The van der Waals surface area contributed by atoms with Crippen molar-refractivity contribution in [1.29, 1.82) is 0 Å². The van der Waals surface area contributed by atoms with Gasteiger partial charge in [-0.15, -0.1) is 0 Å². The van der Waals surface area contributed by atoms with Gasteiger partial charge in [0.1, 0.15) is 0 Å². The number of amides is 1. The molecule has 0 aromatic rings. The third kappa shape index (κ3) is 4.68. The first-order chi connectivity index (χ1) is 10.3. The number of hydrogen-bond donors (Lipinski definition) is 1. The molecule has 2 atom stereocenters. The van der Waals surface area contributed by atoms with Gasteiger partial charge in [-0.25, -0.2) is 0 Å². The fourth-order valence-corrected chi connectivity index (χ4v) is 3.62. The molecular weight excluding hydrogens is 264 g/mol. The molecule has 0 spiro atoms. The van der Waals surface area contributed by atoms with Crippen molar-refractivity contribution in [2.45, 2.75) is 82.4 Å². The second kappa shape index (κ2) is 7.59. The Morgan fingerprint density at radius 3 is 2.62 bits per heavy atom. The van der Waals surface area contributed by atoms with Crippen LogP contribution in [-0.4, -0.2) is 48.7 Å². The average molecular weight is 294 g/mol. The smallest absolute Gasteiger partial charge is 0.222 e. The van der Waals surface area contributed by atoms with Gasteiger partial charge in [-0.2, -0.15) is 0 Å². The van der Waals surface area contributed by atoms with Gasteiger partial charge in [0.05, 0.1) is 6.10 Å². The first-order valence-electron chi connectivity index (χ1n) is 8.97. The van der Waals surface area contributed by atoms with Gasteiger partial charge in [0, 0.05) is 31.7 Å². The van der Waals surface area contributed by atoms with Crippen LogP contribution in [0, 0.1) is 0 Å². The molecule has 2 aliphatic heterocycles. The molecule has 0 bridgehead atoms. The van der Waals surface area contributed by atoms with E-state index >= 15 is 0 Å². The van der Waals surface area contributed by atoms with Crippen LogP contribution >= 0.6 is 0 Å². The van der Waals surface area contributed by atoms with Crippen LogP contribution < -0.4 is 5.32 Å². The van der Waals surface area contributed by atoms with Crippen molar-refractivity contribution in [2.24, 2.45) is 0 Å². The number of hydrogen-bond acceptors (Lipinski definition) is 3. The van der Waals surface area contributed by atoms with Crippen molar-refractivity contribution in [3.8, 4) is 0 Å². The molecule has 1 N–H and O–H groups in total. The first kappa shape index (κ1) is 15.3. The molecule has 1 aliphatic carbocycles. The van der Waals surface area contributed by atoms with Crippen molar-refractivity contribution >= 4 is 5.91 Å². The molecule has 0 aromatic heterocycles. The minimum atomic E-state index is 0.330. The van der Waals surface area contributed by atoms with E-state index in [0.29, 0.717) is 30.5 Å². The molecule has 2 unspecified atom stereocenters. The van der Waals surface area contributed by atoms with Gasteiger partial charge in [-0.05, 0) is 57.9 Å². The van der Waals surface area contributed by atoms with E-state index in [0.717, 1.165) is 32.5 Å². The van der Waals surface area contributed by atoms with Crippen molar-refractivity contribution in [1.82, 2.24) is 10.2 Å². The number of nitrogens with zero attached hydrogens (tertiary/aromatic N) is 1. The van der Waals surface area contributed by atoms with Crippen LogP contribution in [0.5, 0.6) is 0 Å². The lowest BCUT2D eigenvalue weighted by Crippen LogP contribution is -2.46. The first-order valence-corrected chi connectivity index (χ1v) is 8.97. The highest BCUT2D eigenvalue weighted by molar-refractivity contribution is 5.77. The molecule has 4 nitrogen and oxygen atoms in total. The van der Waals surface area contributed by atoms with Crippen LogP contribution in [0.25, 0.3) is 0 Å². The fourth-order valence-electron chi connectivity index (χ4n) is 3.62. The van der Waals surface area contributed by atoms with E-state index in [1.54, 1.807) is 0 Å². The monoisotopic (exact) mass is 294 g/mol. The van der Waals surface area contributed by atoms with Crippen molar-refractivity contribution in [3.63, 3.8) is 0 Å². The Balaban J connectivity index is 1.44. The molecular formula is C17H30N2O2. The molecule has 1 saturated carbocycles. The zero-order valence-electron chi connectivity index (χ0n) is 13.2. The number of piperidine rings is 1. The molecule has 2 saturated heterocycles. The highest BCUT2D eigenvalue weighted by Crippen LogP contribution is 2.29. The van der Waals surface area contributed by atoms with E-state index in [1.165, 1.54) is 44.9 Å². The zero-order valence-corrected chi connectivity index (χ0v) is 13.2. The van der Waals surface area contributed by atoms with Gasteiger partial charge in [0.25, 0.3) is 0 Å². The number of nitrogens with one attached hydrogen (secondary N) is 1. The van der Waals surface area contributed by atoms with Gasteiger partial charge >= 0.3 is 0 Å². The highest BCUT2D eigenvalue weighted by atomic mass is 16.5. The molecule has 3 fully saturated rings. The number of rotatable bonds is 6. The van der Waals surface area contributed by atoms with E-state index in [2.05, 4.69) is 10.2 Å². The largest absolute Gasteiger partial charge is 0.378 e. The van der Waals surface area contributed by atoms with E-state index in [9.17, 15) is 4.79 Å². The third-order valence-corrected chi connectivity index (χ3v) is 5.09. The molecule has 4 heteroatoms. The quantitative estimate of drug-likeness (QED) is 0.818.